The van der Waals surface area contributed by atoms with Crippen molar-refractivity contribution in [3.63, 3.8) is 0 Å². The molecule has 1 unspecified atom stereocenters. The molecular weight excluding hydrogens is 256 g/mol. The van der Waals surface area contributed by atoms with E-state index in [0.29, 0.717) is 12.0 Å². The molecule has 1 atom stereocenters. The lowest BCUT2D eigenvalue weighted by Crippen LogP contribution is -2.31. The second-order valence-corrected chi connectivity index (χ2v) is 6.47. The van der Waals surface area contributed by atoms with Crippen LogP contribution in [-0.4, -0.2) is 31.1 Å². The van der Waals surface area contributed by atoms with Crippen LogP contribution in [0.4, 0.5) is 0 Å². The minimum Gasteiger partial charge on any atom is -0.319 e. The van der Waals surface area contributed by atoms with E-state index >= 15 is 0 Å². The lowest BCUT2D eigenvalue weighted by Gasteiger charge is -2.26. The van der Waals surface area contributed by atoms with E-state index in [1.165, 1.54) is 36.9 Å². The molecule has 1 N–H and O–H groups in total. The van der Waals surface area contributed by atoms with Crippen LogP contribution in [0.2, 0.25) is 0 Å². The summed E-state index contributed by atoms with van der Waals surface area (Å²) in [6.07, 6.45) is 3.94. The predicted molar refractivity (Wildman–Crippen MR) is 93.9 cm³/mol. The number of likely N-dealkylation sites (N-methyl/N-ethyl adjacent to an activating group) is 1. The van der Waals surface area contributed by atoms with E-state index in [1.54, 1.807) is 0 Å². The van der Waals surface area contributed by atoms with Crippen molar-refractivity contribution >= 4 is 0 Å². The quantitative estimate of drug-likeness (QED) is 0.642. The summed E-state index contributed by atoms with van der Waals surface area (Å²) in [5.74, 6) is 0.579. The van der Waals surface area contributed by atoms with Crippen molar-refractivity contribution in [2.75, 3.05) is 20.1 Å². The Bertz CT molecular complexity index is 370. The van der Waals surface area contributed by atoms with Crippen molar-refractivity contribution in [1.82, 2.24) is 10.2 Å². The summed E-state index contributed by atoms with van der Waals surface area (Å²) >= 11 is 0. The average molecular weight is 290 g/mol. The Hall–Kier alpha value is -0.860. The fourth-order valence-corrected chi connectivity index (χ4v) is 2.69. The normalized spacial score (nSPS) is 13.1. The topological polar surface area (TPSA) is 15.3 Å². The van der Waals surface area contributed by atoms with E-state index < -0.39 is 0 Å². The van der Waals surface area contributed by atoms with E-state index in [1.807, 2.05) is 7.05 Å². The Morgan fingerprint density at radius 3 is 2.24 bits per heavy atom. The molecule has 21 heavy (non-hydrogen) atoms. The van der Waals surface area contributed by atoms with Gasteiger partial charge in [-0.05, 0) is 50.9 Å². The fourth-order valence-electron chi connectivity index (χ4n) is 2.69. The highest BCUT2D eigenvalue weighted by Gasteiger charge is 2.10. The summed E-state index contributed by atoms with van der Waals surface area (Å²) < 4.78 is 0. The minimum absolute atomic E-state index is 0.579. The van der Waals surface area contributed by atoms with E-state index in [4.69, 9.17) is 0 Å². The SMILES string of the molecule is CCCCCN(Cc1ccc(C(C)CNC)cc1)C(C)C. The van der Waals surface area contributed by atoms with Crippen molar-refractivity contribution in [3.8, 4) is 0 Å². The van der Waals surface area contributed by atoms with Gasteiger partial charge < -0.3 is 5.32 Å². The molecule has 1 aromatic rings. The first-order chi connectivity index (χ1) is 10.1. The summed E-state index contributed by atoms with van der Waals surface area (Å²) in [4.78, 5) is 2.59. The molecule has 0 radical (unpaired) electrons. The third-order valence-corrected chi connectivity index (χ3v) is 4.22. The van der Waals surface area contributed by atoms with Crippen molar-refractivity contribution in [3.05, 3.63) is 35.4 Å². The van der Waals surface area contributed by atoms with Gasteiger partial charge in [0.25, 0.3) is 0 Å². The highest BCUT2D eigenvalue weighted by Crippen LogP contribution is 2.17. The van der Waals surface area contributed by atoms with E-state index in [0.717, 1.165) is 13.1 Å². The number of unbranched alkanes of at least 4 members (excludes halogenated alkanes) is 2. The van der Waals surface area contributed by atoms with Gasteiger partial charge in [-0.3, -0.25) is 4.90 Å². The first kappa shape index (κ1) is 18.2. The largest absolute Gasteiger partial charge is 0.319 e. The molecule has 0 spiro atoms. The predicted octanol–water partition coefficient (Wildman–Crippen LogP) is 4.41. The molecule has 1 rings (SSSR count). The van der Waals surface area contributed by atoms with Crippen LogP contribution in [0.5, 0.6) is 0 Å². The maximum atomic E-state index is 3.25. The molecule has 0 saturated heterocycles. The van der Waals surface area contributed by atoms with Crippen LogP contribution in [0.3, 0.4) is 0 Å². The number of hydrogen-bond donors (Lipinski definition) is 1. The van der Waals surface area contributed by atoms with E-state index in [9.17, 15) is 0 Å². The first-order valence-electron chi connectivity index (χ1n) is 8.56. The number of rotatable bonds is 10. The fraction of sp³-hybridized carbons (Fsp3) is 0.684. The van der Waals surface area contributed by atoms with Gasteiger partial charge in [0.05, 0.1) is 0 Å². The molecule has 2 heteroatoms. The summed E-state index contributed by atoms with van der Waals surface area (Å²) in [6, 6.07) is 9.81. The molecule has 0 amide bonds. The van der Waals surface area contributed by atoms with Crippen LogP contribution in [0.1, 0.15) is 64.0 Å². The molecule has 0 aliphatic rings. The monoisotopic (exact) mass is 290 g/mol. The van der Waals surface area contributed by atoms with Crippen LogP contribution in [0.25, 0.3) is 0 Å². The Kier molecular flexibility index (Phi) is 8.63. The number of nitrogens with one attached hydrogen (secondary N) is 1. The van der Waals surface area contributed by atoms with Gasteiger partial charge in [0.15, 0.2) is 0 Å². The van der Waals surface area contributed by atoms with Crippen LogP contribution in [0.15, 0.2) is 24.3 Å². The Morgan fingerprint density at radius 2 is 1.71 bits per heavy atom. The standard InChI is InChI=1S/C19H34N2/c1-6-7-8-13-21(16(2)3)15-18-9-11-19(12-10-18)17(4)14-20-5/h9-12,16-17,20H,6-8,13-15H2,1-5H3. The van der Waals surface area contributed by atoms with Gasteiger partial charge >= 0.3 is 0 Å². The van der Waals surface area contributed by atoms with Crippen molar-refractivity contribution in [1.29, 1.82) is 0 Å². The summed E-state index contributed by atoms with van der Waals surface area (Å²) in [7, 11) is 2.02. The van der Waals surface area contributed by atoms with Crippen LogP contribution >= 0.6 is 0 Å². The zero-order valence-electron chi connectivity index (χ0n) is 14.7. The first-order valence-corrected chi connectivity index (χ1v) is 8.56. The Morgan fingerprint density at radius 1 is 1.05 bits per heavy atom. The molecule has 1 aromatic carbocycles. The molecule has 0 heterocycles. The van der Waals surface area contributed by atoms with Crippen LogP contribution in [0, 0.1) is 0 Å². The molecule has 0 aliphatic carbocycles. The molecule has 0 aromatic heterocycles. The molecular formula is C19H34N2. The third kappa shape index (κ3) is 6.62. The van der Waals surface area contributed by atoms with Gasteiger partial charge in [0.1, 0.15) is 0 Å². The van der Waals surface area contributed by atoms with Gasteiger partial charge in [-0.15, -0.1) is 0 Å². The maximum Gasteiger partial charge on any atom is 0.0236 e. The smallest absolute Gasteiger partial charge is 0.0236 e. The van der Waals surface area contributed by atoms with Crippen molar-refractivity contribution < 1.29 is 0 Å². The summed E-state index contributed by atoms with van der Waals surface area (Å²) in [5, 5.41) is 3.25. The lowest BCUT2D eigenvalue weighted by molar-refractivity contribution is 0.208. The summed E-state index contributed by atoms with van der Waals surface area (Å²) in [6.45, 7) is 12.5. The van der Waals surface area contributed by atoms with Gasteiger partial charge in [-0.1, -0.05) is 51.0 Å². The highest BCUT2D eigenvalue weighted by atomic mass is 15.1. The summed E-state index contributed by atoms with van der Waals surface area (Å²) in [5.41, 5.74) is 2.86. The van der Waals surface area contributed by atoms with E-state index in [2.05, 4.69) is 62.2 Å². The number of benzene rings is 1. The zero-order chi connectivity index (χ0) is 15.7. The lowest BCUT2D eigenvalue weighted by atomic mass is 9.99. The number of hydrogen-bond acceptors (Lipinski definition) is 2. The van der Waals surface area contributed by atoms with Crippen LogP contribution in [-0.2, 0) is 6.54 Å². The van der Waals surface area contributed by atoms with Crippen molar-refractivity contribution in [2.45, 2.75) is 65.5 Å². The molecule has 0 aliphatic heterocycles. The number of nitrogens with zero attached hydrogens (tertiary/aromatic N) is 1. The molecule has 0 fully saturated rings. The van der Waals surface area contributed by atoms with Crippen molar-refractivity contribution in [2.24, 2.45) is 0 Å². The molecule has 0 saturated carbocycles. The Labute approximate surface area is 131 Å². The van der Waals surface area contributed by atoms with Gasteiger partial charge in [-0.2, -0.15) is 0 Å². The van der Waals surface area contributed by atoms with Gasteiger partial charge in [-0.25, -0.2) is 0 Å². The second kappa shape index (κ2) is 9.97. The van der Waals surface area contributed by atoms with Gasteiger partial charge in [0.2, 0.25) is 0 Å². The molecule has 0 bridgehead atoms. The van der Waals surface area contributed by atoms with Gasteiger partial charge in [0, 0.05) is 19.1 Å². The zero-order valence-corrected chi connectivity index (χ0v) is 14.7. The van der Waals surface area contributed by atoms with E-state index in [-0.39, 0.29) is 0 Å². The van der Waals surface area contributed by atoms with Crippen LogP contribution < -0.4 is 5.32 Å². The maximum absolute atomic E-state index is 3.25. The molecule has 2 nitrogen and oxygen atoms in total. The highest BCUT2D eigenvalue weighted by molar-refractivity contribution is 5.25. The third-order valence-electron chi connectivity index (χ3n) is 4.22. The minimum atomic E-state index is 0.579. The average Bonchev–Trinajstić information content (AvgIpc) is 2.47. The Balaban J connectivity index is 2.59. The molecule has 120 valence electrons. The second-order valence-electron chi connectivity index (χ2n) is 6.47.